The molecular weight excluding hydrogens is 184 g/mol. The van der Waals surface area contributed by atoms with Crippen molar-refractivity contribution in [2.24, 2.45) is 5.73 Å². The molecule has 0 saturated heterocycles. The van der Waals surface area contributed by atoms with Gasteiger partial charge in [-0.3, -0.25) is 0 Å². The summed E-state index contributed by atoms with van der Waals surface area (Å²) in [4.78, 5) is 0. The van der Waals surface area contributed by atoms with Crippen LogP contribution in [0.2, 0.25) is 0 Å². The number of nitrogens with one attached hydrogen (secondary N) is 1. The van der Waals surface area contributed by atoms with Crippen LogP contribution in [-0.2, 0) is 12.3 Å². The van der Waals surface area contributed by atoms with Crippen molar-refractivity contribution in [2.45, 2.75) is 12.3 Å². The van der Waals surface area contributed by atoms with E-state index in [0.717, 1.165) is 30.4 Å². The zero-order valence-corrected chi connectivity index (χ0v) is 8.69. The number of thioether (sulfide) groups is 1. The summed E-state index contributed by atoms with van der Waals surface area (Å²) in [5.74, 6) is 2.96. The SMILES string of the molecule is CSCc1ccc(CNCCN)o1. The second-order valence-electron chi connectivity index (χ2n) is 2.77. The Morgan fingerprint density at radius 2 is 2.23 bits per heavy atom. The van der Waals surface area contributed by atoms with E-state index >= 15 is 0 Å². The fourth-order valence-electron chi connectivity index (χ4n) is 1.05. The highest BCUT2D eigenvalue weighted by molar-refractivity contribution is 7.97. The summed E-state index contributed by atoms with van der Waals surface area (Å²) in [7, 11) is 0. The minimum Gasteiger partial charge on any atom is -0.464 e. The van der Waals surface area contributed by atoms with Gasteiger partial charge in [-0.15, -0.1) is 0 Å². The van der Waals surface area contributed by atoms with E-state index in [1.165, 1.54) is 0 Å². The van der Waals surface area contributed by atoms with E-state index in [1.807, 2.05) is 12.1 Å². The van der Waals surface area contributed by atoms with Gasteiger partial charge in [-0.25, -0.2) is 0 Å². The molecular formula is C9H16N2OS. The number of hydrogen-bond donors (Lipinski definition) is 2. The smallest absolute Gasteiger partial charge is 0.118 e. The Balaban J connectivity index is 2.31. The molecule has 4 heteroatoms. The third kappa shape index (κ3) is 3.85. The molecule has 1 heterocycles. The van der Waals surface area contributed by atoms with Crippen molar-refractivity contribution in [3.63, 3.8) is 0 Å². The Morgan fingerprint density at radius 1 is 1.46 bits per heavy atom. The van der Waals surface area contributed by atoms with Crippen LogP contribution >= 0.6 is 11.8 Å². The molecule has 74 valence electrons. The molecule has 13 heavy (non-hydrogen) atoms. The number of rotatable bonds is 6. The maximum atomic E-state index is 5.55. The molecule has 0 aliphatic heterocycles. The van der Waals surface area contributed by atoms with Crippen molar-refractivity contribution >= 4 is 11.8 Å². The lowest BCUT2D eigenvalue weighted by atomic mass is 10.4. The lowest BCUT2D eigenvalue weighted by molar-refractivity contribution is 0.461. The van der Waals surface area contributed by atoms with Crippen molar-refractivity contribution in [1.29, 1.82) is 0 Å². The molecule has 0 radical (unpaired) electrons. The largest absolute Gasteiger partial charge is 0.464 e. The van der Waals surface area contributed by atoms with E-state index in [-0.39, 0.29) is 0 Å². The summed E-state index contributed by atoms with van der Waals surface area (Å²) < 4.78 is 5.55. The first-order chi connectivity index (χ1) is 6.36. The van der Waals surface area contributed by atoms with E-state index in [1.54, 1.807) is 11.8 Å². The van der Waals surface area contributed by atoms with E-state index < -0.39 is 0 Å². The standard InChI is InChI=1S/C9H16N2OS/c1-13-7-9-3-2-8(12-9)6-11-5-4-10/h2-3,11H,4-7,10H2,1H3. The average molecular weight is 200 g/mol. The fourth-order valence-corrected chi connectivity index (χ4v) is 1.49. The van der Waals surface area contributed by atoms with Gasteiger partial charge >= 0.3 is 0 Å². The van der Waals surface area contributed by atoms with Gasteiger partial charge < -0.3 is 15.5 Å². The molecule has 0 saturated carbocycles. The van der Waals surface area contributed by atoms with Crippen LogP contribution in [0.15, 0.2) is 16.5 Å². The van der Waals surface area contributed by atoms with Gasteiger partial charge in [-0.05, 0) is 18.4 Å². The van der Waals surface area contributed by atoms with Gasteiger partial charge in [0.1, 0.15) is 11.5 Å². The van der Waals surface area contributed by atoms with Gasteiger partial charge in [0.2, 0.25) is 0 Å². The average Bonchev–Trinajstić information content (AvgIpc) is 2.54. The molecule has 0 amide bonds. The molecule has 0 fully saturated rings. The lowest BCUT2D eigenvalue weighted by Crippen LogP contribution is -2.21. The van der Waals surface area contributed by atoms with Crippen LogP contribution in [0.5, 0.6) is 0 Å². The van der Waals surface area contributed by atoms with Gasteiger partial charge in [0, 0.05) is 13.1 Å². The monoisotopic (exact) mass is 200 g/mol. The highest BCUT2D eigenvalue weighted by atomic mass is 32.2. The highest BCUT2D eigenvalue weighted by Crippen LogP contribution is 2.12. The molecule has 0 aliphatic carbocycles. The fraction of sp³-hybridized carbons (Fsp3) is 0.556. The van der Waals surface area contributed by atoms with Crippen molar-refractivity contribution < 1.29 is 4.42 Å². The Hall–Kier alpha value is -0.450. The molecule has 0 spiro atoms. The summed E-state index contributed by atoms with van der Waals surface area (Å²) >= 11 is 1.76. The Kier molecular flexibility index (Phi) is 4.97. The first-order valence-corrected chi connectivity index (χ1v) is 5.73. The van der Waals surface area contributed by atoms with Gasteiger partial charge in [-0.2, -0.15) is 11.8 Å². The van der Waals surface area contributed by atoms with Crippen LogP contribution in [0.25, 0.3) is 0 Å². The first-order valence-electron chi connectivity index (χ1n) is 4.34. The van der Waals surface area contributed by atoms with Gasteiger partial charge in [0.05, 0.1) is 12.3 Å². The Morgan fingerprint density at radius 3 is 2.92 bits per heavy atom. The third-order valence-corrected chi connectivity index (χ3v) is 2.20. The summed E-state index contributed by atoms with van der Waals surface area (Å²) in [5, 5.41) is 3.18. The molecule has 0 bridgehead atoms. The molecule has 0 aliphatic rings. The van der Waals surface area contributed by atoms with Crippen LogP contribution in [0, 0.1) is 0 Å². The quantitative estimate of drug-likeness (QED) is 0.677. The van der Waals surface area contributed by atoms with E-state index in [9.17, 15) is 0 Å². The number of furan rings is 1. The summed E-state index contributed by atoms with van der Waals surface area (Å²) in [6.07, 6.45) is 2.06. The van der Waals surface area contributed by atoms with Crippen molar-refractivity contribution in [3.05, 3.63) is 23.7 Å². The Labute approximate surface area is 83.1 Å². The zero-order valence-electron chi connectivity index (χ0n) is 7.88. The van der Waals surface area contributed by atoms with Crippen molar-refractivity contribution in [2.75, 3.05) is 19.3 Å². The first kappa shape index (κ1) is 10.6. The maximum absolute atomic E-state index is 5.55. The molecule has 1 aromatic heterocycles. The summed E-state index contributed by atoms with van der Waals surface area (Å²) in [6.45, 7) is 2.27. The molecule has 3 N–H and O–H groups in total. The summed E-state index contributed by atoms with van der Waals surface area (Å²) in [6, 6.07) is 4.03. The third-order valence-electron chi connectivity index (χ3n) is 1.62. The van der Waals surface area contributed by atoms with Crippen LogP contribution in [0.1, 0.15) is 11.5 Å². The Bertz CT molecular complexity index is 237. The molecule has 1 aromatic rings. The minimum atomic E-state index is 0.665. The van der Waals surface area contributed by atoms with Gasteiger partial charge in [0.15, 0.2) is 0 Å². The van der Waals surface area contributed by atoms with Crippen LogP contribution < -0.4 is 11.1 Å². The van der Waals surface area contributed by atoms with Crippen LogP contribution in [0.3, 0.4) is 0 Å². The van der Waals surface area contributed by atoms with Crippen LogP contribution in [-0.4, -0.2) is 19.3 Å². The minimum absolute atomic E-state index is 0.665. The van der Waals surface area contributed by atoms with Gasteiger partial charge in [0.25, 0.3) is 0 Å². The molecule has 1 rings (SSSR count). The molecule has 0 atom stereocenters. The normalized spacial score (nSPS) is 10.6. The van der Waals surface area contributed by atoms with E-state index in [2.05, 4.69) is 11.6 Å². The molecule has 3 nitrogen and oxygen atoms in total. The maximum Gasteiger partial charge on any atom is 0.118 e. The van der Waals surface area contributed by atoms with Crippen LogP contribution in [0.4, 0.5) is 0 Å². The molecule has 0 unspecified atom stereocenters. The number of nitrogens with two attached hydrogens (primary N) is 1. The topological polar surface area (TPSA) is 51.2 Å². The zero-order chi connectivity index (χ0) is 9.52. The second-order valence-corrected chi connectivity index (χ2v) is 3.63. The van der Waals surface area contributed by atoms with Crippen molar-refractivity contribution in [1.82, 2.24) is 5.32 Å². The van der Waals surface area contributed by atoms with Gasteiger partial charge in [-0.1, -0.05) is 0 Å². The second kappa shape index (κ2) is 6.07. The lowest BCUT2D eigenvalue weighted by Gasteiger charge is -1.98. The van der Waals surface area contributed by atoms with E-state index in [0.29, 0.717) is 6.54 Å². The predicted octanol–water partition coefficient (Wildman–Crippen LogP) is 1.19. The van der Waals surface area contributed by atoms with Crippen molar-refractivity contribution in [3.8, 4) is 0 Å². The predicted molar refractivity (Wildman–Crippen MR) is 56.7 cm³/mol. The number of hydrogen-bond acceptors (Lipinski definition) is 4. The summed E-state index contributed by atoms with van der Waals surface area (Å²) in [5.41, 5.74) is 5.35. The molecule has 0 aromatic carbocycles. The highest BCUT2D eigenvalue weighted by Gasteiger charge is 1.99. The van der Waals surface area contributed by atoms with E-state index in [4.69, 9.17) is 10.2 Å².